The van der Waals surface area contributed by atoms with Crippen molar-refractivity contribution in [1.82, 2.24) is 14.8 Å². The number of aromatic nitrogens is 3. The first-order valence-electron chi connectivity index (χ1n) is 7.42. The minimum atomic E-state index is -1.02. The Morgan fingerprint density at radius 2 is 2.10 bits per heavy atom. The maximum atomic E-state index is 14.2. The van der Waals surface area contributed by atoms with E-state index < -0.39 is 6.17 Å². The van der Waals surface area contributed by atoms with Crippen molar-refractivity contribution in [1.29, 1.82) is 0 Å². The molecular formula is C16H18FN3O. The topological polar surface area (TPSA) is 39.9 Å². The van der Waals surface area contributed by atoms with Crippen LogP contribution >= 0.6 is 0 Å². The van der Waals surface area contributed by atoms with Crippen molar-refractivity contribution in [2.24, 2.45) is 5.92 Å². The Morgan fingerprint density at radius 3 is 2.86 bits per heavy atom. The predicted octanol–water partition coefficient (Wildman–Crippen LogP) is 3.03. The molecule has 1 fully saturated rings. The summed E-state index contributed by atoms with van der Waals surface area (Å²) in [5.74, 6) is 2.11. The Bertz CT molecular complexity index is 642. The number of rotatable bonds is 4. The number of hydrogen-bond donors (Lipinski definition) is 0. The van der Waals surface area contributed by atoms with E-state index in [4.69, 9.17) is 4.74 Å². The van der Waals surface area contributed by atoms with E-state index in [0.717, 1.165) is 24.4 Å². The molecule has 4 nitrogen and oxygen atoms in total. The molecule has 4 atom stereocenters. The first-order chi connectivity index (χ1) is 10.3. The van der Waals surface area contributed by atoms with Gasteiger partial charge < -0.3 is 4.74 Å². The van der Waals surface area contributed by atoms with Crippen molar-refractivity contribution < 1.29 is 9.13 Å². The second-order valence-corrected chi connectivity index (χ2v) is 5.96. The molecule has 0 N–H and O–H groups in total. The summed E-state index contributed by atoms with van der Waals surface area (Å²) in [4.78, 5) is 4.46. The van der Waals surface area contributed by atoms with Crippen molar-refractivity contribution in [2.45, 2.75) is 31.0 Å². The summed E-state index contributed by atoms with van der Waals surface area (Å²) in [5, 5.41) is 4.60. The van der Waals surface area contributed by atoms with Crippen LogP contribution < -0.4 is 0 Å². The van der Waals surface area contributed by atoms with Crippen LogP contribution in [0.1, 0.15) is 48.2 Å². The Kier molecular flexibility index (Phi) is 3.03. The van der Waals surface area contributed by atoms with Crippen LogP contribution in [-0.4, -0.2) is 28.5 Å². The van der Waals surface area contributed by atoms with E-state index in [0.29, 0.717) is 24.1 Å². The van der Waals surface area contributed by atoms with Gasteiger partial charge in [0, 0.05) is 26.1 Å². The molecule has 2 aromatic rings. The lowest BCUT2D eigenvalue weighted by molar-refractivity contribution is 0.184. The third-order valence-electron chi connectivity index (χ3n) is 4.50. The zero-order valence-electron chi connectivity index (χ0n) is 11.9. The molecule has 110 valence electrons. The third kappa shape index (κ3) is 2.16. The van der Waals surface area contributed by atoms with E-state index in [1.54, 1.807) is 11.8 Å². The number of halogens is 1. The average Bonchev–Trinajstić information content (AvgIpc) is 3.02. The van der Waals surface area contributed by atoms with E-state index in [2.05, 4.69) is 10.1 Å². The van der Waals surface area contributed by atoms with Crippen LogP contribution in [0.2, 0.25) is 0 Å². The number of benzene rings is 1. The van der Waals surface area contributed by atoms with Crippen molar-refractivity contribution in [3.63, 3.8) is 0 Å². The predicted molar refractivity (Wildman–Crippen MR) is 75.8 cm³/mol. The van der Waals surface area contributed by atoms with Gasteiger partial charge in [0.25, 0.3) is 0 Å². The van der Waals surface area contributed by atoms with Crippen molar-refractivity contribution >= 4 is 0 Å². The summed E-state index contributed by atoms with van der Waals surface area (Å²) in [5.41, 5.74) is 1.10. The second-order valence-electron chi connectivity index (χ2n) is 5.96. The molecule has 1 aromatic carbocycles. The minimum absolute atomic E-state index is 0.0305. The Balaban J connectivity index is 1.63. The first kappa shape index (κ1) is 13.0. The van der Waals surface area contributed by atoms with Crippen molar-refractivity contribution in [3.8, 4) is 0 Å². The van der Waals surface area contributed by atoms with Crippen LogP contribution in [0.4, 0.5) is 4.39 Å². The van der Waals surface area contributed by atoms with Gasteiger partial charge in [-0.15, -0.1) is 0 Å². The van der Waals surface area contributed by atoms with Gasteiger partial charge in [-0.1, -0.05) is 30.3 Å². The number of fused-ring (bicyclic) bond motifs is 1. The van der Waals surface area contributed by atoms with Crippen LogP contribution in [0.3, 0.4) is 0 Å². The maximum absolute atomic E-state index is 14.2. The van der Waals surface area contributed by atoms with Gasteiger partial charge in [-0.3, -0.25) is 0 Å². The molecule has 5 heteroatoms. The highest BCUT2D eigenvalue weighted by molar-refractivity contribution is 5.24. The zero-order chi connectivity index (χ0) is 14.4. The van der Waals surface area contributed by atoms with Gasteiger partial charge in [0.1, 0.15) is 0 Å². The standard InChI is InChI=1S/C16H18FN3O/c1-21-9-11-7-12(11)15-18-16-13(17)8-14(20(16)19-15)10-5-3-2-4-6-10/h2-6,11-14H,7-9H2,1H3/t11?,12?,13-,14-/m0/s1. The molecule has 1 aliphatic heterocycles. The molecule has 2 aliphatic rings. The smallest absolute Gasteiger partial charge is 0.162 e. The quantitative estimate of drug-likeness (QED) is 0.867. The van der Waals surface area contributed by atoms with Gasteiger partial charge >= 0.3 is 0 Å². The maximum Gasteiger partial charge on any atom is 0.162 e. The molecule has 21 heavy (non-hydrogen) atoms. The lowest BCUT2D eigenvalue weighted by Gasteiger charge is -2.11. The molecule has 1 saturated carbocycles. The summed E-state index contributed by atoms with van der Waals surface area (Å²) in [6, 6.07) is 9.95. The van der Waals surface area contributed by atoms with Gasteiger partial charge in [0.2, 0.25) is 0 Å². The molecule has 2 unspecified atom stereocenters. The molecule has 0 saturated heterocycles. The fraction of sp³-hybridized carbons (Fsp3) is 0.500. The van der Waals surface area contributed by atoms with E-state index in [1.807, 2.05) is 30.3 Å². The van der Waals surface area contributed by atoms with Gasteiger partial charge in [-0.25, -0.2) is 14.1 Å². The molecule has 4 rings (SSSR count). The SMILES string of the molecule is COCC1CC1c1nc2n(n1)[C@H](c1ccccc1)C[C@@H]2F. The monoisotopic (exact) mass is 287 g/mol. The highest BCUT2D eigenvalue weighted by Crippen LogP contribution is 2.48. The minimum Gasteiger partial charge on any atom is -0.384 e. The van der Waals surface area contributed by atoms with E-state index in [-0.39, 0.29) is 6.04 Å². The molecule has 1 aliphatic carbocycles. The number of ether oxygens (including phenoxy) is 1. The summed E-state index contributed by atoms with van der Waals surface area (Å²) >= 11 is 0. The van der Waals surface area contributed by atoms with Crippen LogP contribution in [-0.2, 0) is 4.74 Å². The molecule has 0 radical (unpaired) electrons. The number of hydrogen-bond acceptors (Lipinski definition) is 3. The van der Waals surface area contributed by atoms with Crippen LogP contribution in [0.25, 0.3) is 0 Å². The highest BCUT2D eigenvalue weighted by Gasteiger charge is 2.44. The lowest BCUT2D eigenvalue weighted by Crippen LogP contribution is -2.07. The molecule has 0 amide bonds. The third-order valence-corrected chi connectivity index (χ3v) is 4.50. The Hall–Kier alpha value is -1.75. The molecule has 2 heterocycles. The summed E-state index contributed by atoms with van der Waals surface area (Å²) in [6.45, 7) is 0.732. The van der Waals surface area contributed by atoms with Gasteiger partial charge in [-0.05, 0) is 17.9 Å². The number of nitrogens with zero attached hydrogens (tertiary/aromatic N) is 3. The molecule has 0 bridgehead atoms. The molecular weight excluding hydrogens is 269 g/mol. The average molecular weight is 287 g/mol. The largest absolute Gasteiger partial charge is 0.384 e. The van der Waals surface area contributed by atoms with E-state index in [9.17, 15) is 4.39 Å². The Morgan fingerprint density at radius 1 is 1.29 bits per heavy atom. The van der Waals surface area contributed by atoms with Gasteiger partial charge in [-0.2, -0.15) is 5.10 Å². The first-order valence-corrected chi connectivity index (χ1v) is 7.42. The summed E-state index contributed by atoms with van der Waals surface area (Å²) < 4.78 is 21.2. The van der Waals surface area contributed by atoms with Crippen molar-refractivity contribution in [2.75, 3.05) is 13.7 Å². The lowest BCUT2D eigenvalue weighted by atomic mass is 10.0. The van der Waals surface area contributed by atoms with Gasteiger partial charge in [0.15, 0.2) is 17.8 Å². The van der Waals surface area contributed by atoms with Crippen LogP contribution in [0.5, 0.6) is 0 Å². The zero-order valence-corrected chi connectivity index (χ0v) is 11.9. The number of alkyl halides is 1. The van der Waals surface area contributed by atoms with Gasteiger partial charge in [0.05, 0.1) is 6.04 Å². The van der Waals surface area contributed by atoms with E-state index >= 15 is 0 Å². The van der Waals surface area contributed by atoms with Crippen LogP contribution in [0, 0.1) is 5.92 Å². The summed E-state index contributed by atoms with van der Waals surface area (Å²) in [7, 11) is 1.71. The van der Waals surface area contributed by atoms with Crippen molar-refractivity contribution in [3.05, 3.63) is 47.5 Å². The summed E-state index contributed by atoms with van der Waals surface area (Å²) in [6.07, 6.45) is 0.465. The Labute approximate surface area is 123 Å². The normalized spacial score (nSPS) is 30.4. The fourth-order valence-electron chi connectivity index (χ4n) is 3.27. The van der Waals surface area contributed by atoms with Crippen LogP contribution in [0.15, 0.2) is 30.3 Å². The second kappa shape index (κ2) is 4.91. The fourth-order valence-corrected chi connectivity index (χ4v) is 3.27. The molecule has 0 spiro atoms. The highest BCUT2D eigenvalue weighted by atomic mass is 19.1. The molecule has 1 aromatic heterocycles. The number of methoxy groups -OCH3 is 1. The van der Waals surface area contributed by atoms with E-state index in [1.165, 1.54) is 0 Å².